The Balaban J connectivity index is 1.36. The van der Waals surface area contributed by atoms with E-state index in [1.807, 2.05) is 72.6 Å². The summed E-state index contributed by atoms with van der Waals surface area (Å²) in [7, 11) is 0. The lowest BCUT2D eigenvalue weighted by Crippen LogP contribution is -2.52. The van der Waals surface area contributed by atoms with E-state index in [4.69, 9.17) is 9.47 Å². The van der Waals surface area contributed by atoms with Crippen molar-refractivity contribution in [1.82, 2.24) is 5.01 Å². The molecule has 0 aromatic heterocycles. The number of para-hydroxylation sites is 1. The van der Waals surface area contributed by atoms with E-state index < -0.39 is 5.97 Å². The molecule has 0 bridgehead atoms. The average Bonchev–Trinajstić information content (AvgIpc) is 3.03. The molecule has 5 rings (SSSR count). The third kappa shape index (κ3) is 6.57. The molecule has 214 valence electrons. The van der Waals surface area contributed by atoms with E-state index in [0.717, 1.165) is 22.4 Å². The monoisotopic (exact) mass is 563 g/mol. The molecule has 0 radical (unpaired) electrons. The Labute approximate surface area is 245 Å². The Kier molecular flexibility index (Phi) is 9.06. The van der Waals surface area contributed by atoms with Gasteiger partial charge in [0.15, 0.2) is 0 Å². The molecule has 8 nitrogen and oxygen atoms in total. The van der Waals surface area contributed by atoms with Gasteiger partial charge in [-0.15, -0.1) is 0 Å². The smallest absolute Gasteiger partial charge is 0.338 e. The second kappa shape index (κ2) is 13.2. The lowest BCUT2D eigenvalue weighted by Gasteiger charge is -2.37. The fourth-order valence-corrected chi connectivity index (χ4v) is 4.86. The van der Waals surface area contributed by atoms with Gasteiger partial charge in [-0.3, -0.25) is 9.59 Å². The third-order valence-electron chi connectivity index (χ3n) is 7.04. The Hall–Kier alpha value is -4.79. The molecular formula is C34H33N3O5. The number of nitrogens with one attached hydrogen (secondary N) is 1. The van der Waals surface area contributed by atoms with E-state index in [2.05, 4.69) is 5.32 Å². The Morgan fingerprint density at radius 2 is 1.55 bits per heavy atom. The number of morpholine rings is 1. The number of carbonyl (C=O) groups excluding carboxylic acids is 3. The number of hydrogen-bond acceptors (Lipinski definition) is 6. The number of amides is 2. The van der Waals surface area contributed by atoms with Crippen LogP contribution < -0.4 is 10.3 Å². The van der Waals surface area contributed by atoms with Gasteiger partial charge in [0.25, 0.3) is 11.8 Å². The SMILES string of the molecule is CCOC(=O)c1cccc(NC(=O)c2ccc(-c3cc(C(=O)N(c4ccccc4)N4CCOCC4)ccc3C)cc2)c1. The molecule has 4 aromatic rings. The number of benzene rings is 4. The van der Waals surface area contributed by atoms with Crippen LogP contribution in [0.4, 0.5) is 11.4 Å². The third-order valence-corrected chi connectivity index (χ3v) is 7.04. The van der Waals surface area contributed by atoms with Gasteiger partial charge >= 0.3 is 5.97 Å². The van der Waals surface area contributed by atoms with Gasteiger partial charge in [0.05, 0.1) is 31.1 Å². The molecule has 0 atom stereocenters. The predicted octanol–water partition coefficient (Wildman–Crippen LogP) is 5.99. The van der Waals surface area contributed by atoms with Gasteiger partial charge in [-0.1, -0.05) is 42.5 Å². The van der Waals surface area contributed by atoms with E-state index in [1.54, 1.807) is 48.3 Å². The van der Waals surface area contributed by atoms with Crippen LogP contribution in [0.1, 0.15) is 43.6 Å². The molecule has 4 aromatic carbocycles. The largest absolute Gasteiger partial charge is 0.462 e. The minimum absolute atomic E-state index is 0.120. The van der Waals surface area contributed by atoms with E-state index in [1.165, 1.54) is 0 Å². The maximum absolute atomic E-state index is 13.9. The standard InChI is InChI=1S/C34H33N3O5/c1-3-42-34(40)28-8-7-9-29(22-28)35-32(38)26-16-14-25(15-17-26)31-23-27(13-12-24(31)2)33(39)37(30-10-5-4-6-11-30)36-18-20-41-21-19-36/h4-17,22-23H,3,18-21H2,1-2H3,(H,35,38). The van der Waals surface area contributed by atoms with Gasteiger partial charge < -0.3 is 14.8 Å². The van der Waals surface area contributed by atoms with Crippen LogP contribution >= 0.6 is 0 Å². The number of carbonyl (C=O) groups is 3. The first-order chi connectivity index (χ1) is 20.4. The van der Waals surface area contributed by atoms with Crippen LogP contribution in [0, 0.1) is 6.92 Å². The average molecular weight is 564 g/mol. The van der Waals surface area contributed by atoms with Crippen molar-refractivity contribution in [3.63, 3.8) is 0 Å². The van der Waals surface area contributed by atoms with Gasteiger partial charge in [0.2, 0.25) is 0 Å². The Morgan fingerprint density at radius 1 is 0.833 bits per heavy atom. The van der Waals surface area contributed by atoms with Crippen LogP contribution in [0.2, 0.25) is 0 Å². The number of anilines is 2. The minimum atomic E-state index is -0.439. The van der Waals surface area contributed by atoms with Crippen LogP contribution in [-0.4, -0.2) is 55.7 Å². The van der Waals surface area contributed by atoms with Crippen molar-refractivity contribution in [3.8, 4) is 11.1 Å². The Morgan fingerprint density at radius 3 is 2.26 bits per heavy atom. The highest BCUT2D eigenvalue weighted by molar-refractivity contribution is 6.07. The van der Waals surface area contributed by atoms with E-state index >= 15 is 0 Å². The summed E-state index contributed by atoms with van der Waals surface area (Å²) < 4.78 is 10.6. The molecular weight excluding hydrogens is 530 g/mol. The molecule has 2 amide bonds. The van der Waals surface area contributed by atoms with E-state index in [0.29, 0.717) is 48.7 Å². The van der Waals surface area contributed by atoms with Crippen LogP contribution in [0.5, 0.6) is 0 Å². The van der Waals surface area contributed by atoms with Crippen molar-refractivity contribution in [2.45, 2.75) is 13.8 Å². The quantitative estimate of drug-likeness (QED) is 0.265. The molecule has 1 fully saturated rings. The zero-order chi connectivity index (χ0) is 29.5. The zero-order valence-corrected chi connectivity index (χ0v) is 23.7. The molecule has 1 aliphatic heterocycles. The number of rotatable bonds is 8. The Bertz CT molecular complexity index is 1560. The molecule has 0 spiro atoms. The maximum Gasteiger partial charge on any atom is 0.338 e. The molecule has 8 heteroatoms. The summed E-state index contributed by atoms with van der Waals surface area (Å²) in [6.45, 7) is 6.38. The van der Waals surface area contributed by atoms with Crippen molar-refractivity contribution in [2.24, 2.45) is 0 Å². The zero-order valence-electron chi connectivity index (χ0n) is 23.7. The lowest BCUT2D eigenvalue weighted by atomic mass is 9.96. The molecule has 42 heavy (non-hydrogen) atoms. The molecule has 1 aliphatic rings. The number of ether oxygens (including phenoxy) is 2. The van der Waals surface area contributed by atoms with Crippen molar-refractivity contribution in [3.05, 3.63) is 119 Å². The molecule has 0 unspecified atom stereocenters. The number of esters is 1. The normalized spacial score (nSPS) is 13.3. The van der Waals surface area contributed by atoms with Gasteiger partial charge in [0.1, 0.15) is 0 Å². The summed E-state index contributed by atoms with van der Waals surface area (Å²) >= 11 is 0. The van der Waals surface area contributed by atoms with Crippen LogP contribution in [0.3, 0.4) is 0 Å². The van der Waals surface area contributed by atoms with Crippen molar-refractivity contribution in [1.29, 1.82) is 0 Å². The number of hydrogen-bond donors (Lipinski definition) is 1. The summed E-state index contributed by atoms with van der Waals surface area (Å²) in [6.07, 6.45) is 0. The fourth-order valence-electron chi connectivity index (χ4n) is 4.86. The predicted molar refractivity (Wildman–Crippen MR) is 163 cm³/mol. The number of hydrazine groups is 1. The van der Waals surface area contributed by atoms with Gasteiger partial charge in [0, 0.05) is 29.9 Å². The first-order valence-electron chi connectivity index (χ1n) is 14.0. The highest BCUT2D eigenvalue weighted by atomic mass is 16.5. The van der Waals surface area contributed by atoms with E-state index in [-0.39, 0.29) is 18.4 Å². The van der Waals surface area contributed by atoms with Crippen molar-refractivity contribution in [2.75, 3.05) is 43.2 Å². The van der Waals surface area contributed by atoms with Crippen LogP contribution in [-0.2, 0) is 9.47 Å². The lowest BCUT2D eigenvalue weighted by molar-refractivity contribution is 0.0300. The maximum atomic E-state index is 13.9. The number of aryl methyl sites for hydroxylation is 1. The fraction of sp³-hybridized carbons (Fsp3) is 0.206. The molecule has 1 heterocycles. The highest BCUT2D eigenvalue weighted by Crippen LogP contribution is 2.28. The molecule has 0 saturated carbocycles. The van der Waals surface area contributed by atoms with E-state index in [9.17, 15) is 14.4 Å². The van der Waals surface area contributed by atoms with Crippen LogP contribution in [0.15, 0.2) is 97.1 Å². The summed E-state index contributed by atoms with van der Waals surface area (Å²) in [6, 6.07) is 29.2. The first-order valence-corrected chi connectivity index (χ1v) is 14.0. The molecule has 1 N–H and O–H groups in total. The van der Waals surface area contributed by atoms with Crippen molar-refractivity contribution < 1.29 is 23.9 Å². The summed E-state index contributed by atoms with van der Waals surface area (Å²) in [5.41, 5.74) is 5.51. The van der Waals surface area contributed by atoms with Crippen LogP contribution in [0.25, 0.3) is 11.1 Å². The van der Waals surface area contributed by atoms with Gasteiger partial charge in [-0.25, -0.2) is 14.8 Å². The second-order valence-corrected chi connectivity index (χ2v) is 9.88. The highest BCUT2D eigenvalue weighted by Gasteiger charge is 2.26. The number of nitrogens with zero attached hydrogens (tertiary/aromatic N) is 2. The first kappa shape index (κ1) is 28.7. The summed E-state index contributed by atoms with van der Waals surface area (Å²) in [4.78, 5) is 38.9. The topological polar surface area (TPSA) is 88.2 Å². The molecule has 0 aliphatic carbocycles. The minimum Gasteiger partial charge on any atom is -0.462 e. The van der Waals surface area contributed by atoms with Crippen molar-refractivity contribution >= 4 is 29.2 Å². The molecule has 1 saturated heterocycles. The summed E-state index contributed by atoms with van der Waals surface area (Å²) in [5, 5.41) is 6.60. The van der Waals surface area contributed by atoms with Gasteiger partial charge in [-0.05, 0) is 85.1 Å². The van der Waals surface area contributed by atoms with Gasteiger partial charge in [-0.2, -0.15) is 0 Å². The summed E-state index contributed by atoms with van der Waals surface area (Å²) in [5.74, 6) is -0.858. The second-order valence-electron chi connectivity index (χ2n) is 9.88.